The standard InChI is InChI=1S/C17H23ClN2O/c1-12-5-4-6-14-15(12)19-16(13(2)18)20(14)11-17(7-8-17)9-10-21-3/h4-6,13H,7-11H2,1-3H3. The number of alkyl halides is 1. The number of nitrogens with zero attached hydrogens (tertiary/aromatic N) is 2. The van der Waals surface area contributed by atoms with E-state index in [1.807, 2.05) is 6.92 Å². The lowest BCUT2D eigenvalue weighted by Gasteiger charge is -2.19. The zero-order chi connectivity index (χ0) is 15.0. The van der Waals surface area contributed by atoms with Gasteiger partial charge in [0.1, 0.15) is 5.82 Å². The van der Waals surface area contributed by atoms with Gasteiger partial charge in [-0.1, -0.05) is 12.1 Å². The average Bonchev–Trinajstić information content (AvgIpc) is 3.11. The van der Waals surface area contributed by atoms with Crippen LogP contribution in [0.15, 0.2) is 18.2 Å². The summed E-state index contributed by atoms with van der Waals surface area (Å²) in [7, 11) is 1.78. The summed E-state index contributed by atoms with van der Waals surface area (Å²) in [6.45, 7) is 5.95. The minimum atomic E-state index is -0.0741. The summed E-state index contributed by atoms with van der Waals surface area (Å²) in [5, 5.41) is -0.0741. The van der Waals surface area contributed by atoms with Crippen LogP contribution in [0.25, 0.3) is 11.0 Å². The third-order valence-corrected chi connectivity index (χ3v) is 4.85. The van der Waals surface area contributed by atoms with Crippen LogP contribution in [0, 0.1) is 12.3 Å². The minimum Gasteiger partial charge on any atom is -0.385 e. The number of hydrogen-bond acceptors (Lipinski definition) is 2. The first kappa shape index (κ1) is 14.9. The van der Waals surface area contributed by atoms with Crippen LogP contribution in [0.4, 0.5) is 0 Å². The van der Waals surface area contributed by atoms with Gasteiger partial charge in [0.05, 0.1) is 16.4 Å². The van der Waals surface area contributed by atoms with Gasteiger partial charge in [0, 0.05) is 20.3 Å². The van der Waals surface area contributed by atoms with Gasteiger partial charge in [0.15, 0.2) is 0 Å². The summed E-state index contributed by atoms with van der Waals surface area (Å²) in [5.41, 5.74) is 3.89. The Balaban J connectivity index is 2.00. The number of aromatic nitrogens is 2. The van der Waals surface area contributed by atoms with E-state index in [1.54, 1.807) is 7.11 Å². The van der Waals surface area contributed by atoms with Crippen LogP contribution in [-0.2, 0) is 11.3 Å². The first-order valence-electron chi connectivity index (χ1n) is 7.65. The maximum Gasteiger partial charge on any atom is 0.127 e. The Morgan fingerprint density at radius 1 is 1.43 bits per heavy atom. The van der Waals surface area contributed by atoms with Crippen LogP contribution in [0.5, 0.6) is 0 Å². The highest BCUT2D eigenvalue weighted by Crippen LogP contribution is 2.51. The van der Waals surface area contributed by atoms with Crippen LogP contribution < -0.4 is 0 Å². The molecule has 1 saturated carbocycles. The maximum absolute atomic E-state index is 6.38. The van der Waals surface area contributed by atoms with E-state index < -0.39 is 0 Å². The summed E-state index contributed by atoms with van der Waals surface area (Å²) in [6.07, 6.45) is 3.67. The first-order chi connectivity index (χ1) is 10.1. The molecule has 114 valence electrons. The first-order valence-corrected chi connectivity index (χ1v) is 8.09. The van der Waals surface area contributed by atoms with Gasteiger partial charge in [0.2, 0.25) is 0 Å². The molecule has 1 fully saturated rings. The summed E-state index contributed by atoms with van der Waals surface area (Å²) < 4.78 is 7.61. The van der Waals surface area contributed by atoms with Crippen molar-refractivity contribution in [2.75, 3.05) is 13.7 Å². The second-order valence-electron chi connectivity index (χ2n) is 6.36. The zero-order valence-electron chi connectivity index (χ0n) is 13.0. The van der Waals surface area contributed by atoms with Crippen molar-refractivity contribution in [2.24, 2.45) is 5.41 Å². The predicted molar refractivity (Wildman–Crippen MR) is 86.9 cm³/mol. The van der Waals surface area contributed by atoms with Gasteiger partial charge >= 0.3 is 0 Å². The normalized spacial score (nSPS) is 18.1. The van der Waals surface area contributed by atoms with Crippen molar-refractivity contribution in [1.29, 1.82) is 0 Å². The van der Waals surface area contributed by atoms with Crippen molar-refractivity contribution in [2.45, 2.75) is 45.0 Å². The van der Waals surface area contributed by atoms with E-state index in [9.17, 15) is 0 Å². The fourth-order valence-electron chi connectivity index (χ4n) is 3.09. The second kappa shape index (κ2) is 5.62. The smallest absolute Gasteiger partial charge is 0.127 e. The molecule has 1 heterocycles. The van der Waals surface area contributed by atoms with Gasteiger partial charge in [-0.25, -0.2) is 4.98 Å². The van der Waals surface area contributed by atoms with Crippen molar-refractivity contribution in [1.82, 2.24) is 9.55 Å². The molecular weight excluding hydrogens is 284 g/mol. The van der Waals surface area contributed by atoms with Crippen molar-refractivity contribution in [3.63, 3.8) is 0 Å². The fraction of sp³-hybridized carbons (Fsp3) is 0.588. The van der Waals surface area contributed by atoms with E-state index in [1.165, 1.54) is 23.9 Å². The van der Waals surface area contributed by atoms with Gasteiger partial charge in [-0.2, -0.15) is 0 Å². The second-order valence-corrected chi connectivity index (χ2v) is 7.01. The number of imidazole rings is 1. The van der Waals surface area contributed by atoms with Crippen molar-refractivity contribution in [3.8, 4) is 0 Å². The third kappa shape index (κ3) is 2.82. The quantitative estimate of drug-likeness (QED) is 0.737. The van der Waals surface area contributed by atoms with Crippen LogP contribution in [0.2, 0.25) is 0 Å². The highest BCUT2D eigenvalue weighted by atomic mass is 35.5. The summed E-state index contributed by atoms with van der Waals surface area (Å²) in [4.78, 5) is 4.80. The van der Waals surface area contributed by atoms with Gasteiger partial charge in [-0.15, -0.1) is 11.6 Å². The lowest BCUT2D eigenvalue weighted by molar-refractivity contribution is 0.167. The molecule has 0 amide bonds. The summed E-state index contributed by atoms with van der Waals surface area (Å²) >= 11 is 6.38. The molecule has 3 rings (SSSR count). The average molecular weight is 307 g/mol. The monoisotopic (exact) mass is 306 g/mol. The lowest BCUT2D eigenvalue weighted by Crippen LogP contribution is -2.16. The van der Waals surface area contributed by atoms with Gasteiger partial charge in [0.25, 0.3) is 0 Å². The molecule has 1 aromatic heterocycles. The molecule has 2 aromatic rings. The van der Waals surface area contributed by atoms with Crippen LogP contribution in [-0.4, -0.2) is 23.3 Å². The molecule has 3 nitrogen and oxygen atoms in total. The molecule has 1 aliphatic rings. The molecular formula is C17H23ClN2O. The van der Waals surface area contributed by atoms with E-state index in [-0.39, 0.29) is 5.38 Å². The number of fused-ring (bicyclic) bond motifs is 1. The fourth-order valence-corrected chi connectivity index (χ4v) is 3.26. The van der Waals surface area contributed by atoms with E-state index >= 15 is 0 Å². The van der Waals surface area contributed by atoms with Gasteiger partial charge in [-0.05, 0) is 50.2 Å². The molecule has 21 heavy (non-hydrogen) atoms. The van der Waals surface area contributed by atoms with E-state index in [2.05, 4.69) is 29.7 Å². The summed E-state index contributed by atoms with van der Waals surface area (Å²) in [5.74, 6) is 0.990. The van der Waals surface area contributed by atoms with Crippen LogP contribution in [0.3, 0.4) is 0 Å². The molecule has 1 unspecified atom stereocenters. The predicted octanol–water partition coefficient (Wildman–Crippen LogP) is 4.46. The Kier molecular flexibility index (Phi) is 3.98. The molecule has 1 aromatic carbocycles. The Bertz CT molecular complexity index is 644. The van der Waals surface area contributed by atoms with Crippen molar-refractivity contribution in [3.05, 3.63) is 29.6 Å². The highest BCUT2D eigenvalue weighted by molar-refractivity contribution is 6.20. The number of halogens is 1. The number of para-hydroxylation sites is 1. The molecule has 0 saturated heterocycles. The molecule has 1 aliphatic carbocycles. The lowest BCUT2D eigenvalue weighted by atomic mass is 10.0. The Labute approximate surface area is 131 Å². The SMILES string of the molecule is COCCC1(Cn2c(C(C)Cl)nc3c(C)cccc32)CC1. The zero-order valence-corrected chi connectivity index (χ0v) is 13.8. The Hall–Kier alpha value is -1.06. The van der Waals surface area contributed by atoms with Crippen LogP contribution >= 0.6 is 11.6 Å². The maximum atomic E-state index is 6.38. The molecule has 0 radical (unpaired) electrons. The molecule has 0 spiro atoms. The number of benzene rings is 1. The van der Waals surface area contributed by atoms with Crippen molar-refractivity contribution < 1.29 is 4.74 Å². The highest BCUT2D eigenvalue weighted by Gasteiger charge is 2.43. The minimum absolute atomic E-state index is 0.0741. The number of rotatable bonds is 6. The topological polar surface area (TPSA) is 27.1 Å². The molecule has 0 bridgehead atoms. The Morgan fingerprint density at radius 3 is 2.81 bits per heavy atom. The number of ether oxygens (including phenoxy) is 1. The number of aryl methyl sites for hydroxylation is 1. The van der Waals surface area contributed by atoms with Gasteiger partial charge < -0.3 is 9.30 Å². The molecule has 0 aliphatic heterocycles. The van der Waals surface area contributed by atoms with Crippen LogP contribution in [0.1, 0.15) is 43.0 Å². The summed E-state index contributed by atoms with van der Waals surface area (Å²) in [6, 6.07) is 6.37. The molecule has 1 atom stereocenters. The van der Waals surface area contributed by atoms with E-state index in [4.69, 9.17) is 21.3 Å². The Morgan fingerprint density at radius 2 is 2.19 bits per heavy atom. The molecule has 4 heteroatoms. The largest absolute Gasteiger partial charge is 0.385 e. The number of methoxy groups -OCH3 is 1. The van der Waals surface area contributed by atoms with Gasteiger partial charge in [-0.3, -0.25) is 0 Å². The van der Waals surface area contributed by atoms with E-state index in [0.717, 1.165) is 30.9 Å². The number of hydrogen-bond donors (Lipinski definition) is 0. The van der Waals surface area contributed by atoms with Crippen molar-refractivity contribution >= 4 is 22.6 Å². The van der Waals surface area contributed by atoms with E-state index in [0.29, 0.717) is 5.41 Å². The molecule has 0 N–H and O–H groups in total. The third-order valence-electron chi connectivity index (χ3n) is 4.65.